The van der Waals surface area contributed by atoms with E-state index in [1.54, 1.807) is 13.0 Å². The lowest BCUT2D eigenvalue weighted by Crippen LogP contribution is -2.34. The normalized spacial score (nSPS) is 30.9. The van der Waals surface area contributed by atoms with E-state index in [1.807, 2.05) is 13.0 Å². The predicted molar refractivity (Wildman–Crippen MR) is 90.4 cm³/mol. The third-order valence-corrected chi connectivity index (χ3v) is 4.48. The van der Waals surface area contributed by atoms with Crippen LogP contribution in [0.2, 0.25) is 0 Å². The van der Waals surface area contributed by atoms with Crippen molar-refractivity contribution in [3.63, 3.8) is 0 Å². The number of rotatable bonds is 3. The minimum atomic E-state index is -0.719. The fraction of sp³-hybridized carbons (Fsp3) is 0.526. The molecule has 3 atom stereocenters. The van der Waals surface area contributed by atoms with Crippen molar-refractivity contribution in [2.24, 2.45) is 5.92 Å². The van der Waals surface area contributed by atoms with Crippen LogP contribution in [0.25, 0.3) is 0 Å². The second-order valence-electron chi connectivity index (χ2n) is 6.28. The van der Waals surface area contributed by atoms with Crippen LogP contribution < -0.4 is 0 Å². The Labute approximate surface area is 147 Å². The van der Waals surface area contributed by atoms with Crippen molar-refractivity contribution in [2.75, 3.05) is 7.11 Å². The molecular formula is C19H24O6. The Morgan fingerprint density at radius 2 is 2.12 bits per heavy atom. The highest BCUT2D eigenvalue weighted by atomic mass is 16.6. The second-order valence-corrected chi connectivity index (χ2v) is 6.28. The number of carbonyl (C=O) groups is 3. The molecule has 6 nitrogen and oxygen atoms in total. The minimum Gasteiger partial charge on any atom is -0.466 e. The van der Waals surface area contributed by atoms with Gasteiger partial charge in [-0.1, -0.05) is 25.2 Å². The van der Waals surface area contributed by atoms with E-state index in [0.29, 0.717) is 12.0 Å². The largest absolute Gasteiger partial charge is 0.466 e. The molecule has 0 aromatic carbocycles. The molecule has 0 saturated carbocycles. The van der Waals surface area contributed by atoms with Gasteiger partial charge < -0.3 is 14.2 Å². The molecule has 1 aliphatic heterocycles. The van der Waals surface area contributed by atoms with Gasteiger partial charge in [0.05, 0.1) is 13.0 Å². The summed E-state index contributed by atoms with van der Waals surface area (Å²) in [5.74, 6) is -1.89. The number of esters is 3. The van der Waals surface area contributed by atoms with Crippen molar-refractivity contribution in [3.8, 4) is 0 Å². The quantitative estimate of drug-likeness (QED) is 0.338. The number of fused-ring (bicyclic) bond motifs is 1. The first-order valence-corrected chi connectivity index (χ1v) is 8.41. The Balaban J connectivity index is 2.44. The molecule has 2 rings (SSSR count). The van der Waals surface area contributed by atoms with Crippen LogP contribution in [0.15, 0.2) is 35.5 Å². The first kappa shape index (κ1) is 19.0. The van der Waals surface area contributed by atoms with Gasteiger partial charge in [0.1, 0.15) is 12.2 Å². The van der Waals surface area contributed by atoms with E-state index in [-0.39, 0.29) is 18.4 Å². The summed E-state index contributed by atoms with van der Waals surface area (Å²) in [5, 5.41) is 0. The molecule has 0 radical (unpaired) electrons. The molecule has 25 heavy (non-hydrogen) atoms. The van der Waals surface area contributed by atoms with Crippen LogP contribution in [0.1, 0.15) is 39.5 Å². The monoisotopic (exact) mass is 348 g/mol. The van der Waals surface area contributed by atoms with Crippen molar-refractivity contribution < 1.29 is 28.6 Å². The van der Waals surface area contributed by atoms with Gasteiger partial charge in [0.2, 0.25) is 0 Å². The summed E-state index contributed by atoms with van der Waals surface area (Å²) in [7, 11) is 1.31. The summed E-state index contributed by atoms with van der Waals surface area (Å²) in [6.45, 7) is 7.44. The van der Waals surface area contributed by atoms with Crippen molar-refractivity contribution in [2.45, 2.75) is 51.7 Å². The molecule has 0 aromatic heterocycles. The van der Waals surface area contributed by atoms with E-state index in [1.165, 1.54) is 7.11 Å². The maximum absolute atomic E-state index is 12.1. The van der Waals surface area contributed by atoms with Crippen LogP contribution in [0, 0.1) is 5.92 Å². The Morgan fingerprint density at radius 3 is 2.76 bits per heavy atom. The summed E-state index contributed by atoms with van der Waals surface area (Å²) < 4.78 is 15.8. The lowest BCUT2D eigenvalue weighted by molar-refractivity contribution is -0.152. The standard InChI is InChI=1S/C19H24O6/c1-5-16(20)24-15-10-13(19(22)23-4)8-6-7-11(2)9-14-17(15)12(3)18(21)25-14/h8-9,14-15,17H,3,5-7,10H2,1-2,4H3/b11-9-,13-8+/t14-,15-,17+/m1/s1. The van der Waals surface area contributed by atoms with E-state index in [4.69, 9.17) is 14.2 Å². The Bertz CT molecular complexity index is 642. The lowest BCUT2D eigenvalue weighted by Gasteiger charge is -2.27. The number of hydrogen-bond acceptors (Lipinski definition) is 6. The summed E-state index contributed by atoms with van der Waals surface area (Å²) in [6, 6.07) is 0. The van der Waals surface area contributed by atoms with Crippen molar-refractivity contribution in [3.05, 3.63) is 35.5 Å². The highest BCUT2D eigenvalue weighted by molar-refractivity contribution is 5.92. The van der Waals surface area contributed by atoms with E-state index >= 15 is 0 Å². The van der Waals surface area contributed by atoms with Crippen LogP contribution in [0.5, 0.6) is 0 Å². The topological polar surface area (TPSA) is 78.9 Å². The Kier molecular flexibility index (Phi) is 6.17. The van der Waals surface area contributed by atoms with Crippen molar-refractivity contribution in [1.82, 2.24) is 0 Å². The smallest absolute Gasteiger partial charge is 0.334 e. The maximum atomic E-state index is 12.1. The summed E-state index contributed by atoms with van der Waals surface area (Å²) in [4.78, 5) is 36.0. The van der Waals surface area contributed by atoms with Crippen molar-refractivity contribution in [1.29, 1.82) is 0 Å². The molecule has 0 amide bonds. The molecule has 2 aliphatic rings. The fourth-order valence-corrected chi connectivity index (χ4v) is 3.11. The van der Waals surface area contributed by atoms with Gasteiger partial charge in [-0.15, -0.1) is 0 Å². The first-order valence-electron chi connectivity index (χ1n) is 8.41. The number of carbonyl (C=O) groups excluding carboxylic acids is 3. The average molecular weight is 348 g/mol. The maximum Gasteiger partial charge on any atom is 0.334 e. The zero-order chi connectivity index (χ0) is 18.6. The van der Waals surface area contributed by atoms with Crippen LogP contribution in [0.4, 0.5) is 0 Å². The van der Waals surface area contributed by atoms with E-state index in [2.05, 4.69) is 6.58 Å². The average Bonchev–Trinajstić information content (AvgIpc) is 2.85. The Hall–Kier alpha value is -2.37. The molecule has 136 valence electrons. The molecule has 1 fully saturated rings. The molecule has 1 heterocycles. The molecule has 0 N–H and O–H groups in total. The molecule has 1 saturated heterocycles. The molecule has 0 aromatic rings. The van der Waals surface area contributed by atoms with Gasteiger partial charge in [-0.05, 0) is 25.8 Å². The highest BCUT2D eigenvalue weighted by Crippen LogP contribution is 2.36. The van der Waals surface area contributed by atoms with E-state index in [0.717, 1.165) is 12.0 Å². The van der Waals surface area contributed by atoms with Gasteiger partial charge in [0.25, 0.3) is 0 Å². The van der Waals surface area contributed by atoms with Gasteiger partial charge in [-0.3, -0.25) is 4.79 Å². The van der Waals surface area contributed by atoms with Gasteiger partial charge >= 0.3 is 17.9 Å². The molecular weight excluding hydrogens is 324 g/mol. The number of ether oxygens (including phenoxy) is 3. The molecule has 0 unspecified atom stereocenters. The van der Waals surface area contributed by atoms with Gasteiger partial charge in [0, 0.05) is 24.0 Å². The summed E-state index contributed by atoms with van der Waals surface area (Å²) in [5.41, 5.74) is 1.71. The van der Waals surface area contributed by atoms with Crippen LogP contribution >= 0.6 is 0 Å². The van der Waals surface area contributed by atoms with Gasteiger partial charge in [0.15, 0.2) is 0 Å². The molecule has 1 aliphatic carbocycles. The number of methoxy groups -OCH3 is 1. The van der Waals surface area contributed by atoms with Crippen LogP contribution in [-0.2, 0) is 28.6 Å². The fourth-order valence-electron chi connectivity index (χ4n) is 3.11. The van der Waals surface area contributed by atoms with Gasteiger partial charge in [-0.25, -0.2) is 9.59 Å². The summed E-state index contributed by atoms with van der Waals surface area (Å²) in [6.07, 6.45) is 4.14. The SMILES string of the molecule is C=C1C(=O)O[C@@H]2/C=C(/C)CC/C=C(/C(=O)OC)C[C@@H](OC(=O)CC)[C@@H]12. The third-order valence-electron chi connectivity index (χ3n) is 4.48. The third kappa shape index (κ3) is 4.38. The first-order chi connectivity index (χ1) is 11.9. The molecule has 0 spiro atoms. The molecule has 0 bridgehead atoms. The zero-order valence-electron chi connectivity index (χ0n) is 14.9. The Morgan fingerprint density at radius 1 is 1.40 bits per heavy atom. The van der Waals surface area contributed by atoms with Crippen LogP contribution in [-0.4, -0.2) is 37.2 Å². The highest BCUT2D eigenvalue weighted by Gasteiger charge is 2.44. The minimum absolute atomic E-state index is 0.155. The number of allylic oxidation sites excluding steroid dienone is 2. The zero-order valence-corrected chi connectivity index (χ0v) is 14.9. The molecule has 6 heteroatoms. The van der Waals surface area contributed by atoms with E-state index in [9.17, 15) is 14.4 Å². The second kappa shape index (κ2) is 8.14. The van der Waals surface area contributed by atoms with Crippen molar-refractivity contribution >= 4 is 17.9 Å². The van der Waals surface area contributed by atoms with E-state index < -0.39 is 36.0 Å². The van der Waals surface area contributed by atoms with Gasteiger partial charge in [-0.2, -0.15) is 0 Å². The predicted octanol–water partition coefficient (Wildman–Crippen LogP) is 2.64. The summed E-state index contributed by atoms with van der Waals surface area (Å²) >= 11 is 0. The van der Waals surface area contributed by atoms with Crippen LogP contribution in [0.3, 0.4) is 0 Å². The number of hydrogen-bond donors (Lipinski definition) is 0. The lowest BCUT2D eigenvalue weighted by atomic mass is 9.85.